The lowest BCUT2D eigenvalue weighted by molar-refractivity contribution is -0.139. The molecule has 2 saturated carbocycles. The van der Waals surface area contributed by atoms with E-state index in [1.165, 1.54) is 25.2 Å². The molecule has 0 unspecified atom stereocenters. The smallest absolute Gasteiger partial charge is 0.317 e. The number of amides is 1. The molecule has 0 saturated heterocycles. The highest BCUT2D eigenvalue weighted by Crippen LogP contribution is 2.33. The van der Waals surface area contributed by atoms with E-state index in [0.717, 1.165) is 19.4 Å². The molecule has 3 rings (SSSR count). The number of aliphatic carboxylic acids is 1. The number of rotatable bonds is 7. The first-order valence-corrected chi connectivity index (χ1v) is 7.29. The summed E-state index contributed by atoms with van der Waals surface area (Å²) >= 11 is 0. The Balaban J connectivity index is 1.46. The van der Waals surface area contributed by atoms with Crippen molar-refractivity contribution in [3.63, 3.8) is 0 Å². The van der Waals surface area contributed by atoms with Gasteiger partial charge in [-0.1, -0.05) is 5.16 Å². The Morgan fingerprint density at radius 3 is 2.76 bits per heavy atom. The number of carboxylic acid groups (broad SMARTS) is 1. The molecule has 0 radical (unpaired) electrons. The van der Waals surface area contributed by atoms with E-state index in [-0.39, 0.29) is 30.2 Å². The van der Waals surface area contributed by atoms with Gasteiger partial charge in [-0.25, -0.2) is 0 Å². The third-order valence-electron chi connectivity index (χ3n) is 4.16. The zero-order chi connectivity index (χ0) is 14.8. The van der Waals surface area contributed by atoms with Crippen LogP contribution in [0.15, 0.2) is 16.9 Å². The topological polar surface area (TPSA) is 95.7 Å². The Labute approximate surface area is 122 Å². The summed E-state index contributed by atoms with van der Waals surface area (Å²) in [6.07, 6.45) is 5.36. The largest absolute Gasteiger partial charge is 0.480 e. The molecule has 0 bridgehead atoms. The molecule has 1 amide bonds. The van der Waals surface area contributed by atoms with Crippen molar-refractivity contribution < 1.29 is 19.2 Å². The molecule has 0 aliphatic heterocycles. The molecule has 2 N–H and O–H groups in total. The minimum absolute atomic E-state index is 0.0884. The number of carbonyl (C=O) groups is 2. The Kier molecular flexibility index (Phi) is 3.92. The Bertz CT molecular complexity index is 506. The number of hydrogen-bond acceptors (Lipinski definition) is 5. The molecule has 0 atom stereocenters. The van der Waals surface area contributed by atoms with Gasteiger partial charge >= 0.3 is 5.97 Å². The fourth-order valence-corrected chi connectivity index (χ4v) is 2.74. The molecule has 0 spiro atoms. The third kappa shape index (κ3) is 3.60. The van der Waals surface area contributed by atoms with Crippen LogP contribution in [0.2, 0.25) is 0 Å². The zero-order valence-corrected chi connectivity index (χ0v) is 11.7. The minimum atomic E-state index is -0.786. The van der Waals surface area contributed by atoms with Crippen molar-refractivity contribution in [1.82, 2.24) is 15.4 Å². The Hall–Kier alpha value is -1.89. The number of carbonyl (C=O) groups excluding carboxylic acids is 1. The number of nitrogens with one attached hydrogen (secondary N) is 1. The van der Waals surface area contributed by atoms with Crippen molar-refractivity contribution in [3.8, 4) is 0 Å². The van der Waals surface area contributed by atoms with Crippen LogP contribution in [-0.4, -0.2) is 52.2 Å². The maximum absolute atomic E-state index is 11.8. The van der Waals surface area contributed by atoms with Gasteiger partial charge in [-0.3, -0.25) is 14.5 Å². The van der Waals surface area contributed by atoms with Crippen molar-refractivity contribution >= 4 is 11.9 Å². The van der Waals surface area contributed by atoms with E-state index in [9.17, 15) is 9.59 Å². The van der Waals surface area contributed by atoms with Crippen molar-refractivity contribution in [2.45, 2.75) is 37.8 Å². The van der Waals surface area contributed by atoms with Crippen molar-refractivity contribution in [2.24, 2.45) is 5.92 Å². The maximum Gasteiger partial charge on any atom is 0.317 e. The van der Waals surface area contributed by atoms with Crippen LogP contribution in [0.3, 0.4) is 0 Å². The molecule has 2 aliphatic rings. The number of carboxylic acids is 1. The van der Waals surface area contributed by atoms with Crippen molar-refractivity contribution in [1.29, 1.82) is 0 Å². The van der Waals surface area contributed by atoms with E-state index in [2.05, 4.69) is 15.0 Å². The van der Waals surface area contributed by atoms with Gasteiger partial charge in [-0.05, 0) is 31.6 Å². The van der Waals surface area contributed by atoms with Gasteiger partial charge in [0.1, 0.15) is 6.26 Å². The van der Waals surface area contributed by atoms with E-state index in [1.54, 1.807) is 0 Å². The van der Waals surface area contributed by atoms with Crippen LogP contribution in [-0.2, 0) is 4.79 Å². The fourth-order valence-electron chi connectivity index (χ4n) is 2.74. The average Bonchev–Trinajstić information content (AvgIpc) is 3.03. The Morgan fingerprint density at radius 1 is 1.43 bits per heavy atom. The monoisotopic (exact) mass is 293 g/mol. The highest BCUT2D eigenvalue weighted by atomic mass is 16.5. The molecule has 7 nitrogen and oxygen atoms in total. The number of nitrogens with zero attached hydrogens (tertiary/aromatic N) is 2. The second kappa shape index (κ2) is 5.85. The molecule has 1 aromatic heterocycles. The summed E-state index contributed by atoms with van der Waals surface area (Å²) in [4.78, 5) is 24.8. The summed E-state index contributed by atoms with van der Waals surface area (Å²) in [6.45, 7) is 0.950. The predicted octanol–water partition coefficient (Wildman–Crippen LogP) is 0.732. The van der Waals surface area contributed by atoms with Crippen LogP contribution in [0.5, 0.6) is 0 Å². The normalized spacial score (nSPS) is 24.6. The molecule has 7 heteroatoms. The third-order valence-corrected chi connectivity index (χ3v) is 4.16. The van der Waals surface area contributed by atoms with Gasteiger partial charge in [0.25, 0.3) is 5.91 Å². The SMILES string of the molecule is O=C(O)CN(CC1CC1)C1CC(NC(=O)c2ccon2)C1. The van der Waals surface area contributed by atoms with E-state index < -0.39 is 5.97 Å². The van der Waals surface area contributed by atoms with Crippen LogP contribution < -0.4 is 5.32 Å². The Morgan fingerprint density at radius 2 is 2.19 bits per heavy atom. The lowest BCUT2D eigenvalue weighted by Gasteiger charge is -2.42. The first-order chi connectivity index (χ1) is 10.1. The molecule has 0 aromatic carbocycles. The summed E-state index contributed by atoms with van der Waals surface area (Å²) in [6, 6.07) is 1.87. The van der Waals surface area contributed by atoms with Crippen LogP contribution in [0, 0.1) is 5.92 Å². The zero-order valence-electron chi connectivity index (χ0n) is 11.7. The lowest BCUT2D eigenvalue weighted by atomic mass is 9.85. The summed E-state index contributed by atoms with van der Waals surface area (Å²) in [5.41, 5.74) is 0.277. The molecule has 2 fully saturated rings. The van der Waals surface area contributed by atoms with Gasteiger partial charge < -0.3 is 14.9 Å². The van der Waals surface area contributed by atoms with Crippen LogP contribution in [0.4, 0.5) is 0 Å². The standard InChI is InChI=1S/C14H19N3O4/c18-13(19)8-17(7-9-1-2-9)11-5-10(6-11)15-14(20)12-3-4-21-16-12/h3-4,9-11H,1-2,5-8H2,(H,15,20)(H,18,19). The second-order valence-electron chi connectivity index (χ2n) is 5.95. The molecule has 1 heterocycles. The molecular weight excluding hydrogens is 274 g/mol. The quantitative estimate of drug-likeness (QED) is 0.769. The predicted molar refractivity (Wildman–Crippen MR) is 72.7 cm³/mol. The van der Waals surface area contributed by atoms with Gasteiger partial charge in [-0.15, -0.1) is 0 Å². The van der Waals surface area contributed by atoms with E-state index >= 15 is 0 Å². The molecular formula is C14H19N3O4. The first kappa shape index (κ1) is 14.1. The van der Waals surface area contributed by atoms with E-state index in [4.69, 9.17) is 5.11 Å². The number of hydrogen-bond donors (Lipinski definition) is 2. The van der Waals surface area contributed by atoms with Gasteiger partial charge in [0, 0.05) is 24.7 Å². The van der Waals surface area contributed by atoms with Crippen molar-refractivity contribution in [3.05, 3.63) is 18.0 Å². The summed E-state index contributed by atoms with van der Waals surface area (Å²) in [7, 11) is 0. The van der Waals surface area contributed by atoms with Crippen LogP contribution in [0.1, 0.15) is 36.2 Å². The van der Waals surface area contributed by atoms with Crippen LogP contribution >= 0.6 is 0 Å². The molecule has 2 aliphatic carbocycles. The van der Waals surface area contributed by atoms with Gasteiger partial charge in [0.15, 0.2) is 5.69 Å². The molecule has 1 aromatic rings. The van der Waals surface area contributed by atoms with Gasteiger partial charge in [0.2, 0.25) is 0 Å². The minimum Gasteiger partial charge on any atom is -0.480 e. The van der Waals surface area contributed by atoms with Crippen molar-refractivity contribution in [2.75, 3.05) is 13.1 Å². The van der Waals surface area contributed by atoms with E-state index in [0.29, 0.717) is 5.92 Å². The lowest BCUT2D eigenvalue weighted by Crippen LogP contribution is -2.55. The van der Waals surface area contributed by atoms with Crippen LogP contribution in [0.25, 0.3) is 0 Å². The highest BCUT2D eigenvalue weighted by molar-refractivity contribution is 5.92. The number of aromatic nitrogens is 1. The van der Waals surface area contributed by atoms with Gasteiger partial charge in [-0.2, -0.15) is 0 Å². The van der Waals surface area contributed by atoms with Gasteiger partial charge in [0.05, 0.1) is 6.54 Å². The summed E-state index contributed by atoms with van der Waals surface area (Å²) < 4.78 is 4.64. The highest BCUT2D eigenvalue weighted by Gasteiger charge is 2.37. The second-order valence-corrected chi connectivity index (χ2v) is 5.95. The summed E-state index contributed by atoms with van der Waals surface area (Å²) in [5, 5.41) is 15.5. The molecule has 21 heavy (non-hydrogen) atoms. The first-order valence-electron chi connectivity index (χ1n) is 7.29. The molecule has 114 valence electrons. The average molecular weight is 293 g/mol. The fraction of sp³-hybridized carbons (Fsp3) is 0.643. The maximum atomic E-state index is 11.8. The summed E-state index contributed by atoms with van der Waals surface area (Å²) in [5.74, 6) is -0.363. The van der Waals surface area contributed by atoms with E-state index in [1.807, 2.05) is 4.90 Å².